The molecular formula is C24H37N5O7. The van der Waals surface area contributed by atoms with E-state index in [4.69, 9.17) is 4.74 Å². The van der Waals surface area contributed by atoms with Crippen LogP contribution in [0.4, 0.5) is 21.0 Å². The number of likely N-dealkylation sites (tertiary alicyclic amines) is 1. The van der Waals surface area contributed by atoms with E-state index in [0.29, 0.717) is 19.4 Å². The minimum atomic E-state index is -1.05. The normalized spacial score (nSPS) is 16.2. The second-order valence-electron chi connectivity index (χ2n) is 10.7. The molecule has 200 valence electrons. The lowest BCUT2D eigenvalue weighted by Crippen LogP contribution is -2.57. The molecule has 0 unspecified atom stereocenters. The quantitative estimate of drug-likeness (QED) is 0.285. The fourth-order valence-electron chi connectivity index (χ4n) is 4.16. The third-order valence-electron chi connectivity index (χ3n) is 5.53. The van der Waals surface area contributed by atoms with Crippen LogP contribution in [-0.4, -0.2) is 81.3 Å². The molecule has 2 rings (SSSR count). The Kier molecular flexibility index (Phi) is 9.11. The third kappa shape index (κ3) is 7.99. The zero-order valence-electron chi connectivity index (χ0n) is 21.8. The Labute approximate surface area is 211 Å². The van der Waals surface area contributed by atoms with E-state index in [-0.39, 0.29) is 48.5 Å². The van der Waals surface area contributed by atoms with Gasteiger partial charge in [0.15, 0.2) is 0 Å². The monoisotopic (exact) mass is 507 g/mol. The van der Waals surface area contributed by atoms with Crippen LogP contribution in [-0.2, 0) is 4.74 Å². The Morgan fingerprint density at radius 1 is 1.19 bits per heavy atom. The van der Waals surface area contributed by atoms with Crippen molar-refractivity contribution in [1.29, 1.82) is 0 Å². The highest BCUT2D eigenvalue weighted by Gasteiger charge is 2.37. The van der Waals surface area contributed by atoms with Crippen molar-refractivity contribution < 1.29 is 29.2 Å². The number of hydrogen-bond donors (Lipinski definition) is 3. The topological polar surface area (TPSA) is 154 Å². The molecule has 1 heterocycles. The maximum atomic E-state index is 13.2. The van der Waals surface area contributed by atoms with Gasteiger partial charge in [-0.05, 0) is 66.5 Å². The van der Waals surface area contributed by atoms with E-state index in [0.717, 1.165) is 0 Å². The van der Waals surface area contributed by atoms with E-state index in [2.05, 4.69) is 10.6 Å². The van der Waals surface area contributed by atoms with Crippen molar-refractivity contribution in [3.63, 3.8) is 0 Å². The van der Waals surface area contributed by atoms with Crippen molar-refractivity contribution in [3.05, 3.63) is 33.9 Å². The fourth-order valence-corrected chi connectivity index (χ4v) is 4.16. The molecular weight excluding hydrogens is 470 g/mol. The highest BCUT2D eigenvalue weighted by Crippen LogP contribution is 2.28. The molecule has 0 spiro atoms. The maximum Gasteiger partial charge on any atom is 0.408 e. The van der Waals surface area contributed by atoms with Gasteiger partial charge in [0.25, 0.3) is 11.6 Å². The van der Waals surface area contributed by atoms with Crippen molar-refractivity contribution in [1.82, 2.24) is 15.1 Å². The summed E-state index contributed by atoms with van der Waals surface area (Å²) in [7, 11) is 0. The molecule has 1 aromatic carbocycles. The number of carbonyl (C=O) groups excluding carboxylic acids is 2. The van der Waals surface area contributed by atoms with Gasteiger partial charge in [0.05, 0.1) is 11.0 Å². The summed E-state index contributed by atoms with van der Waals surface area (Å²) in [5.74, 6) is -0.389. The number of hydrogen-bond acceptors (Lipinski definition) is 7. The largest absolute Gasteiger partial charge is 0.465 e. The number of piperidine rings is 1. The number of benzene rings is 1. The standard InChI is InChI=1S/C24H37N5O7/c1-23(2,3)28(22(32)33)17-8-7-13-27(15-17)20(30)16-9-10-18(19(14-16)29(34)35)25-11-12-26-21(31)36-24(4,5)6/h9-10,14,17,25H,7-8,11-13,15H2,1-6H3,(H,26,31)(H,32,33)/t17-/m1/s1. The second-order valence-corrected chi connectivity index (χ2v) is 10.7. The number of ether oxygens (including phenoxy) is 1. The number of nitro groups is 1. The average Bonchev–Trinajstić information content (AvgIpc) is 2.74. The number of carbonyl (C=O) groups is 3. The van der Waals surface area contributed by atoms with Crippen molar-refractivity contribution in [2.45, 2.75) is 71.6 Å². The molecule has 1 aliphatic rings. The van der Waals surface area contributed by atoms with Gasteiger partial charge in [0.2, 0.25) is 0 Å². The van der Waals surface area contributed by atoms with E-state index in [1.807, 2.05) is 0 Å². The lowest BCUT2D eigenvalue weighted by molar-refractivity contribution is -0.384. The van der Waals surface area contributed by atoms with Crippen molar-refractivity contribution in [2.24, 2.45) is 0 Å². The molecule has 1 saturated heterocycles. The van der Waals surface area contributed by atoms with Crippen LogP contribution in [0, 0.1) is 10.1 Å². The van der Waals surface area contributed by atoms with Crippen LogP contribution in [0.1, 0.15) is 64.7 Å². The molecule has 12 nitrogen and oxygen atoms in total. The summed E-state index contributed by atoms with van der Waals surface area (Å²) in [6.07, 6.45) is -0.377. The van der Waals surface area contributed by atoms with E-state index in [9.17, 15) is 29.6 Å². The van der Waals surface area contributed by atoms with Gasteiger partial charge in [-0.25, -0.2) is 9.59 Å². The maximum absolute atomic E-state index is 13.2. The zero-order chi connectivity index (χ0) is 27.3. The van der Waals surface area contributed by atoms with Crippen LogP contribution in [0.2, 0.25) is 0 Å². The van der Waals surface area contributed by atoms with Gasteiger partial charge in [-0.1, -0.05) is 0 Å². The highest BCUT2D eigenvalue weighted by atomic mass is 16.6. The van der Waals surface area contributed by atoms with Gasteiger partial charge in [-0.2, -0.15) is 0 Å². The smallest absolute Gasteiger partial charge is 0.408 e. The summed E-state index contributed by atoms with van der Waals surface area (Å²) in [5.41, 5.74) is -1.17. The molecule has 1 atom stereocenters. The summed E-state index contributed by atoms with van der Waals surface area (Å²) in [6.45, 7) is 11.7. The third-order valence-corrected chi connectivity index (χ3v) is 5.53. The SMILES string of the molecule is CC(C)(C)OC(=O)NCCNc1ccc(C(=O)N2CCC[C@@H](N(C(=O)O)C(C)(C)C)C2)cc1[N+](=O)[O-]. The Hall–Kier alpha value is -3.57. The Morgan fingerprint density at radius 2 is 1.86 bits per heavy atom. The first-order chi connectivity index (χ1) is 16.6. The Morgan fingerprint density at radius 3 is 2.42 bits per heavy atom. The number of nitro benzene ring substituents is 1. The summed E-state index contributed by atoms with van der Waals surface area (Å²) in [4.78, 5) is 50.8. The molecule has 1 fully saturated rings. The summed E-state index contributed by atoms with van der Waals surface area (Å²) >= 11 is 0. The van der Waals surface area contributed by atoms with Crippen LogP contribution in [0.5, 0.6) is 0 Å². The minimum absolute atomic E-state index is 0.150. The van der Waals surface area contributed by atoms with Gasteiger partial charge in [0, 0.05) is 43.3 Å². The molecule has 0 aliphatic carbocycles. The van der Waals surface area contributed by atoms with Crippen LogP contribution in [0.3, 0.4) is 0 Å². The van der Waals surface area contributed by atoms with Crippen molar-refractivity contribution in [3.8, 4) is 0 Å². The summed E-state index contributed by atoms with van der Waals surface area (Å²) in [5, 5.41) is 26.8. The first kappa shape index (κ1) is 28.7. The molecule has 1 aromatic rings. The minimum Gasteiger partial charge on any atom is -0.465 e. The molecule has 36 heavy (non-hydrogen) atoms. The van der Waals surface area contributed by atoms with Crippen LogP contribution in [0.25, 0.3) is 0 Å². The van der Waals surface area contributed by atoms with E-state index < -0.39 is 28.2 Å². The van der Waals surface area contributed by atoms with Crippen LogP contribution < -0.4 is 10.6 Å². The van der Waals surface area contributed by atoms with Gasteiger partial charge < -0.3 is 25.4 Å². The van der Waals surface area contributed by atoms with Crippen molar-refractivity contribution >= 4 is 29.5 Å². The molecule has 0 bridgehead atoms. The number of carboxylic acid groups (broad SMARTS) is 1. The van der Waals surface area contributed by atoms with Crippen molar-refractivity contribution in [2.75, 3.05) is 31.5 Å². The molecule has 1 aliphatic heterocycles. The lowest BCUT2D eigenvalue weighted by atomic mass is 9.97. The van der Waals surface area contributed by atoms with Crippen LogP contribution in [0.15, 0.2) is 18.2 Å². The average molecular weight is 508 g/mol. The zero-order valence-corrected chi connectivity index (χ0v) is 21.8. The predicted molar refractivity (Wildman–Crippen MR) is 134 cm³/mol. The van der Waals surface area contributed by atoms with Crippen LogP contribution >= 0.6 is 0 Å². The van der Waals surface area contributed by atoms with Gasteiger partial charge in [-0.3, -0.25) is 19.8 Å². The fraction of sp³-hybridized carbons (Fsp3) is 0.625. The predicted octanol–water partition coefficient (Wildman–Crippen LogP) is 3.91. The molecule has 3 amide bonds. The molecule has 0 aromatic heterocycles. The molecule has 12 heteroatoms. The van der Waals surface area contributed by atoms with E-state index in [1.54, 1.807) is 46.4 Å². The first-order valence-corrected chi connectivity index (χ1v) is 11.9. The van der Waals surface area contributed by atoms with Gasteiger partial charge in [-0.15, -0.1) is 0 Å². The van der Waals surface area contributed by atoms with E-state index in [1.165, 1.54) is 23.1 Å². The second kappa shape index (κ2) is 11.4. The number of rotatable bonds is 7. The lowest BCUT2D eigenvalue weighted by Gasteiger charge is -2.44. The highest BCUT2D eigenvalue weighted by molar-refractivity contribution is 5.96. The number of amides is 3. The van der Waals surface area contributed by atoms with Gasteiger partial charge in [0.1, 0.15) is 11.3 Å². The number of nitrogens with one attached hydrogen (secondary N) is 2. The molecule has 0 saturated carbocycles. The molecule has 3 N–H and O–H groups in total. The number of nitrogens with zero attached hydrogens (tertiary/aromatic N) is 3. The Bertz CT molecular complexity index is 984. The number of alkyl carbamates (subject to hydrolysis) is 1. The summed E-state index contributed by atoms with van der Waals surface area (Å²) in [6, 6.07) is 3.81. The number of anilines is 1. The first-order valence-electron chi connectivity index (χ1n) is 11.9. The summed E-state index contributed by atoms with van der Waals surface area (Å²) < 4.78 is 5.14. The van der Waals surface area contributed by atoms with Gasteiger partial charge >= 0.3 is 12.2 Å². The Balaban J connectivity index is 2.08. The molecule has 0 radical (unpaired) electrons. The van der Waals surface area contributed by atoms with E-state index >= 15 is 0 Å².